The molecule has 10 heteroatoms. The first kappa shape index (κ1) is 25.4. The minimum absolute atomic E-state index is 0.0987. The van der Waals surface area contributed by atoms with Crippen molar-refractivity contribution >= 4 is 51.5 Å². The lowest BCUT2D eigenvalue weighted by molar-refractivity contribution is -0.132. The summed E-state index contributed by atoms with van der Waals surface area (Å²) in [6, 6.07) is 10.6. The van der Waals surface area contributed by atoms with Crippen LogP contribution in [0.3, 0.4) is 0 Å². The van der Waals surface area contributed by atoms with Crippen LogP contribution in [0.15, 0.2) is 48.0 Å². The Hall–Kier alpha value is -3.69. The van der Waals surface area contributed by atoms with Crippen LogP contribution in [0.1, 0.15) is 45.0 Å². The maximum absolute atomic E-state index is 13.3. The highest BCUT2D eigenvalue weighted by Gasteiger charge is 2.48. The number of aliphatic hydroxyl groups is 1. The Labute approximate surface area is 216 Å². The molecule has 4 rings (SSSR count). The van der Waals surface area contributed by atoms with Crippen molar-refractivity contribution < 1.29 is 29.0 Å². The molecule has 1 unspecified atom stereocenters. The molecule has 1 N–H and O–H groups in total. The number of aryl methyl sites for hydroxylation is 2. The second-order valence-electron chi connectivity index (χ2n) is 8.04. The fraction of sp³-hybridized carbons (Fsp3) is 0.231. The molecule has 3 aromatic rings. The Kier molecular flexibility index (Phi) is 7.14. The minimum atomic E-state index is -0.995. The number of rotatable bonds is 6. The van der Waals surface area contributed by atoms with Crippen LogP contribution in [0, 0.1) is 13.8 Å². The predicted octanol–water partition coefficient (Wildman–Crippen LogP) is 5.22. The Morgan fingerprint density at radius 2 is 1.86 bits per heavy atom. The van der Waals surface area contributed by atoms with Gasteiger partial charge in [-0.05, 0) is 62.2 Å². The van der Waals surface area contributed by atoms with E-state index in [1.54, 1.807) is 49.4 Å². The molecule has 1 saturated heterocycles. The summed E-state index contributed by atoms with van der Waals surface area (Å²) >= 11 is 7.01. The number of anilines is 1. The van der Waals surface area contributed by atoms with Crippen molar-refractivity contribution in [3.63, 3.8) is 0 Å². The number of aliphatic hydroxyl groups excluding tert-OH is 1. The molecule has 36 heavy (non-hydrogen) atoms. The number of benzene rings is 2. The first-order valence-electron chi connectivity index (χ1n) is 11.0. The molecule has 8 nitrogen and oxygen atoms in total. The van der Waals surface area contributed by atoms with E-state index >= 15 is 0 Å². The number of esters is 1. The number of amides is 1. The van der Waals surface area contributed by atoms with Crippen LogP contribution in [0.4, 0.5) is 5.13 Å². The van der Waals surface area contributed by atoms with Crippen molar-refractivity contribution in [3.05, 3.63) is 80.3 Å². The smallest absolute Gasteiger partial charge is 0.350 e. The van der Waals surface area contributed by atoms with Gasteiger partial charge >= 0.3 is 11.9 Å². The highest BCUT2D eigenvalue weighted by Crippen LogP contribution is 2.44. The molecule has 1 aromatic heterocycles. The molecule has 0 aliphatic carbocycles. The zero-order valence-corrected chi connectivity index (χ0v) is 21.6. The van der Waals surface area contributed by atoms with Gasteiger partial charge in [0.15, 0.2) is 5.13 Å². The third kappa shape index (κ3) is 4.47. The van der Waals surface area contributed by atoms with E-state index in [-0.39, 0.29) is 21.3 Å². The zero-order chi connectivity index (χ0) is 26.1. The lowest BCUT2D eigenvalue weighted by Crippen LogP contribution is -2.29. The number of aromatic nitrogens is 1. The number of hydrogen-bond acceptors (Lipinski definition) is 8. The second-order valence-corrected chi connectivity index (χ2v) is 9.45. The first-order valence-corrected chi connectivity index (χ1v) is 12.2. The molecule has 1 aliphatic heterocycles. The molecule has 0 saturated carbocycles. The number of thiazole rings is 1. The van der Waals surface area contributed by atoms with E-state index in [1.165, 1.54) is 12.0 Å². The summed E-state index contributed by atoms with van der Waals surface area (Å²) < 4.78 is 10.4. The number of ether oxygens (including phenoxy) is 2. The van der Waals surface area contributed by atoms with Crippen molar-refractivity contribution in [1.29, 1.82) is 0 Å². The van der Waals surface area contributed by atoms with E-state index < -0.39 is 23.7 Å². The standard InChI is InChI=1S/C26H23ClN2O6S/c1-5-35-18-11-8-16(12-13(18)2)21(30)19-20(15-6-9-17(27)10-7-15)29(24(32)22(19)31)26-28-14(3)23(36-26)25(33)34-4/h6-12,20,30H,5H2,1-4H3/b21-19+. The SMILES string of the molecule is CCOc1ccc(/C(O)=C2\C(=O)C(=O)N(c3nc(C)c(C(=O)OC)s3)C2c2ccc(Cl)cc2)cc1C. The van der Waals surface area contributed by atoms with Gasteiger partial charge in [-0.2, -0.15) is 0 Å². The maximum atomic E-state index is 13.3. The molecule has 0 spiro atoms. The van der Waals surface area contributed by atoms with Crippen LogP contribution in [0.25, 0.3) is 5.76 Å². The Morgan fingerprint density at radius 1 is 1.17 bits per heavy atom. The lowest BCUT2D eigenvalue weighted by Gasteiger charge is -2.23. The quantitative estimate of drug-likeness (QED) is 0.203. The molecule has 1 aliphatic rings. The molecule has 1 atom stereocenters. The number of carbonyl (C=O) groups is 3. The number of nitrogens with zero attached hydrogens (tertiary/aromatic N) is 2. The van der Waals surface area contributed by atoms with Gasteiger partial charge in [0.2, 0.25) is 0 Å². The van der Waals surface area contributed by atoms with E-state index in [0.29, 0.717) is 34.2 Å². The monoisotopic (exact) mass is 526 g/mol. The normalized spacial score (nSPS) is 16.9. The van der Waals surface area contributed by atoms with Crippen LogP contribution >= 0.6 is 22.9 Å². The third-order valence-corrected chi connectivity index (χ3v) is 7.13. The molecule has 1 fully saturated rings. The van der Waals surface area contributed by atoms with Gasteiger partial charge < -0.3 is 14.6 Å². The van der Waals surface area contributed by atoms with Gasteiger partial charge in [0.1, 0.15) is 16.4 Å². The predicted molar refractivity (Wildman–Crippen MR) is 137 cm³/mol. The summed E-state index contributed by atoms with van der Waals surface area (Å²) in [5, 5.41) is 11.9. The van der Waals surface area contributed by atoms with E-state index in [2.05, 4.69) is 4.98 Å². The summed E-state index contributed by atoms with van der Waals surface area (Å²) in [5.41, 5.74) is 1.92. The Balaban J connectivity index is 1.91. The average Bonchev–Trinajstić information content (AvgIpc) is 3.36. The van der Waals surface area contributed by atoms with Crippen molar-refractivity contribution in [3.8, 4) is 5.75 Å². The summed E-state index contributed by atoms with van der Waals surface area (Å²) in [4.78, 5) is 44.6. The fourth-order valence-corrected chi connectivity index (χ4v) is 5.17. The number of methoxy groups -OCH3 is 1. The molecule has 0 bridgehead atoms. The fourth-order valence-electron chi connectivity index (χ4n) is 4.03. The van der Waals surface area contributed by atoms with E-state index in [9.17, 15) is 19.5 Å². The molecular weight excluding hydrogens is 504 g/mol. The summed E-state index contributed by atoms with van der Waals surface area (Å²) in [6.45, 7) is 5.79. The van der Waals surface area contributed by atoms with Gasteiger partial charge in [-0.25, -0.2) is 9.78 Å². The van der Waals surface area contributed by atoms with Gasteiger partial charge in [0, 0.05) is 10.6 Å². The maximum Gasteiger partial charge on any atom is 0.350 e. The molecule has 2 aromatic carbocycles. The molecule has 186 valence electrons. The molecular formula is C26H23ClN2O6S. The molecule has 2 heterocycles. The van der Waals surface area contributed by atoms with Gasteiger partial charge in [0.25, 0.3) is 5.78 Å². The van der Waals surface area contributed by atoms with Gasteiger partial charge in [-0.15, -0.1) is 0 Å². The zero-order valence-electron chi connectivity index (χ0n) is 20.0. The van der Waals surface area contributed by atoms with E-state index in [0.717, 1.165) is 16.9 Å². The number of ketones is 1. The van der Waals surface area contributed by atoms with Crippen LogP contribution in [0.5, 0.6) is 5.75 Å². The molecule has 0 radical (unpaired) electrons. The Bertz CT molecular complexity index is 1400. The number of Topliss-reactive ketones (excluding diaryl/α,β-unsaturated/α-hetero) is 1. The van der Waals surface area contributed by atoms with Gasteiger partial charge in [-0.3, -0.25) is 14.5 Å². The van der Waals surface area contributed by atoms with Crippen LogP contribution in [0.2, 0.25) is 5.02 Å². The van der Waals surface area contributed by atoms with Crippen molar-refractivity contribution in [2.75, 3.05) is 18.6 Å². The van der Waals surface area contributed by atoms with Crippen molar-refractivity contribution in [1.82, 2.24) is 4.98 Å². The molecule has 1 amide bonds. The number of hydrogen-bond donors (Lipinski definition) is 1. The van der Waals surface area contributed by atoms with Gasteiger partial charge in [-0.1, -0.05) is 35.1 Å². The first-order chi connectivity index (χ1) is 17.2. The summed E-state index contributed by atoms with van der Waals surface area (Å²) in [6.07, 6.45) is 0. The van der Waals surface area contributed by atoms with Crippen LogP contribution in [-0.2, 0) is 14.3 Å². The summed E-state index contributed by atoms with van der Waals surface area (Å²) in [5.74, 6) is -2.02. The van der Waals surface area contributed by atoms with Crippen LogP contribution in [-0.4, -0.2) is 41.5 Å². The number of carbonyl (C=O) groups excluding carboxylic acids is 3. The minimum Gasteiger partial charge on any atom is -0.507 e. The lowest BCUT2D eigenvalue weighted by atomic mass is 9.95. The topological polar surface area (TPSA) is 106 Å². The van der Waals surface area contributed by atoms with E-state index in [1.807, 2.05) is 13.8 Å². The highest BCUT2D eigenvalue weighted by atomic mass is 35.5. The Morgan fingerprint density at radius 3 is 2.47 bits per heavy atom. The average molecular weight is 527 g/mol. The largest absolute Gasteiger partial charge is 0.507 e. The number of halogens is 1. The van der Waals surface area contributed by atoms with E-state index in [4.69, 9.17) is 21.1 Å². The highest BCUT2D eigenvalue weighted by molar-refractivity contribution is 7.17. The van der Waals surface area contributed by atoms with Gasteiger partial charge in [0.05, 0.1) is 31.0 Å². The van der Waals surface area contributed by atoms with Crippen molar-refractivity contribution in [2.24, 2.45) is 0 Å². The summed E-state index contributed by atoms with van der Waals surface area (Å²) in [7, 11) is 1.25. The van der Waals surface area contributed by atoms with Crippen LogP contribution < -0.4 is 9.64 Å². The van der Waals surface area contributed by atoms with Crippen molar-refractivity contribution in [2.45, 2.75) is 26.8 Å². The third-order valence-electron chi connectivity index (χ3n) is 5.74. The second kappa shape index (κ2) is 10.1.